The average Bonchev–Trinajstić information content (AvgIpc) is 3.25. The lowest BCUT2D eigenvalue weighted by Crippen LogP contribution is -2.34. The van der Waals surface area contributed by atoms with Gasteiger partial charge in [-0.1, -0.05) is 6.07 Å². The van der Waals surface area contributed by atoms with Gasteiger partial charge in [0.25, 0.3) is 5.91 Å². The van der Waals surface area contributed by atoms with E-state index in [1.54, 1.807) is 18.2 Å². The highest BCUT2D eigenvalue weighted by molar-refractivity contribution is 5.97. The molecule has 7 heteroatoms. The van der Waals surface area contributed by atoms with E-state index < -0.39 is 17.9 Å². The molecule has 0 spiro atoms. The molecule has 1 atom stereocenters. The lowest BCUT2D eigenvalue weighted by Gasteiger charge is -2.17. The van der Waals surface area contributed by atoms with Gasteiger partial charge in [0, 0.05) is 13.0 Å². The van der Waals surface area contributed by atoms with E-state index in [-0.39, 0.29) is 0 Å². The van der Waals surface area contributed by atoms with E-state index in [9.17, 15) is 14.7 Å². The third-order valence-corrected chi connectivity index (χ3v) is 4.80. The van der Waals surface area contributed by atoms with Crippen LogP contribution < -0.4 is 10.1 Å². The fourth-order valence-corrected chi connectivity index (χ4v) is 3.49. The number of fused-ring (bicyclic) bond motifs is 2. The molecule has 2 aromatic rings. The standard InChI is InChI=1S/C18H19N3O4/c22-17(13-10-19-21-7-2-1-3-14(13)21)20-16(18(23)24)12-4-5-15-11(9-12)6-8-25-15/h4-5,9-10,16H,1-3,6-8H2,(H,20,22)(H,23,24). The molecule has 1 unspecified atom stereocenters. The van der Waals surface area contributed by atoms with Gasteiger partial charge in [-0.05, 0) is 42.5 Å². The van der Waals surface area contributed by atoms with E-state index >= 15 is 0 Å². The average molecular weight is 341 g/mol. The minimum atomic E-state index is -1.10. The Hall–Kier alpha value is -2.83. The maximum Gasteiger partial charge on any atom is 0.330 e. The summed E-state index contributed by atoms with van der Waals surface area (Å²) in [4.78, 5) is 24.4. The topological polar surface area (TPSA) is 93.5 Å². The number of hydrogen-bond donors (Lipinski definition) is 2. The summed E-state index contributed by atoms with van der Waals surface area (Å²) in [5, 5.41) is 16.5. The molecule has 0 saturated carbocycles. The van der Waals surface area contributed by atoms with Gasteiger partial charge in [-0.15, -0.1) is 0 Å². The van der Waals surface area contributed by atoms with Crippen molar-refractivity contribution in [2.24, 2.45) is 0 Å². The highest BCUT2D eigenvalue weighted by Crippen LogP contribution is 2.28. The van der Waals surface area contributed by atoms with Crippen LogP contribution in [-0.4, -0.2) is 33.4 Å². The maximum absolute atomic E-state index is 12.6. The number of ether oxygens (including phenoxy) is 1. The molecule has 7 nitrogen and oxygen atoms in total. The molecule has 1 aromatic carbocycles. The third-order valence-electron chi connectivity index (χ3n) is 4.80. The molecule has 2 N–H and O–H groups in total. The van der Waals surface area contributed by atoms with E-state index in [0.29, 0.717) is 17.7 Å². The van der Waals surface area contributed by atoms with Crippen LogP contribution >= 0.6 is 0 Å². The molecule has 1 amide bonds. The first-order valence-electron chi connectivity index (χ1n) is 8.47. The van der Waals surface area contributed by atoms with Gasteiger partial charge in [0.1, 0.15) is 5.75 Å². The fourth-order valence-electron chi connectivity index (χ4n) is 3.49. The third kappa shape index (κ3) is 2.86. The van der Waals surface area contributed by atoms with Crippen LogP contribution in [0.4, 0.5) is 0 Å². The summed E-state index contributed by atoms with van der Waals surface area (Å²) in [6, 6.07) is 4.16. The number of hydrogen-bond acceptors (Lipinski definition) is 4. The zero-order valence-electron chi connectivity index (χ0n) is 13.7. The van der Waals surface area contributed by atoms with Crippen molar-refractivity contribution >= 4 is 11.9 Å². The molecule has 0 bridgehead atoms. The number of carbonyl (C=O) groups excluding carboxylic acids is 1. The van der Waals surface area contributed by atoms with E-state index in [0.717, 1.165) is 49.2 Å². The van der Waals surface area contributed by atoms with Gasteiger partial charge in [0.05, 0.1) is 24.1 Å². The highest BCUT2D eigenvalue weighted by atomic mass is 16.5. The number of nitrogens with one attached hydrogen (secondary N) is 1. The molecule has 4 rings (SSSR count). The molecule has 130 valence electrons. The number of carbonyl (C=O) groups is 2. The minimum Gasteiger partial charge on any atom is -0.493 e. The van der Waals surface area contributed by atoms with E-state index in [4.69, 9.17) is 4.74 Å². The first-order chi connectivity index (χ1) is 12.1. The second-order valence-corrected chi connectivity index (χ2v) is 6.40. The van der Waals surface area contributed by atoms with Crippen LogP contribution in [-0.2, 0) is 24.2 Å². The lowest BCUT2D eigenvalue weighted by atomic mass is 10.0. The normalized spacial score (nSPS) is 16.5. The van der Waals surface area contributed by atoms with Gasteiger partial charge in [-0.25, -0.2) is 4.79 Å². The van der Waals surface area contributed by atoms with Gasteiger partial charge < -0.3 is 15.2 Å². The summed E-state index contributed by atoms with van der Waals surface area (Å²) in [6.07, 6.45) is 5.13. The number of carboxylic acid groups (broad SMARTS) is 1. The zero-order chi connectivity index (χ0) is 17.4. The van der Waals surface area contributed by atoms with Crippen molar-refractivity contribution in [2.75, 3.05) is 6.61 Å². The van der Waals surface area contributed by atoms with Crippen LogP contribution in [0.1, 0.15) is 46.1 Å². The van der Waals surface area contributed by atoms with Crippen LogP contribution in [0.15, 0.2) is 24.4 Å². The van der Waals surface area contributed by atoms with E-state index in [1.165, 1.54) is 6.20 Å². The molecule has 0 saturated heterocycles. The van der Waals surface area contributed by atoms with Crippen molar-refractivity contribution in [3.8, 4) is 5.75 Å². The van der Waals surface area contributed by atoms with Crippen molar-refractivity contribution in [3.63, 3.8) is 0 Å². The first kappa shape index (κ1) is 15.7. The molecule has 0 aliphatic carbocycles. The lowest BCUT2D eigenvalue weighted by molar-refractivity contribution is -0.139. The number of benzene rings is 1. The SMILES string of the molecule is O=C(NC(C(=O)O)c1ccc2c(c1)CCO2)c1cnn2c1CCCC2. The number of rotatable bonds is 4. The Morgan fingerprint density at radius 3 is 3.00 bits per heavy atom. The Bertz CT molecular complexity index is 843. The Morgan fingerprint density at radius 2 is 2.16 bits per heavy atom. The maximum atomic E-state index is 12.6. The van der Waals surface area contributed by atoms with Gasteiger partial charge in [-0.3, -0.25) is 9.48 Å². The molecule has 1 aromatic heterocycles. The Balaban J connectivity index is 1.59. The zero-order valence-corrected chi connectivity index (χ0v) is 13.7. The fraction of sp³-hybridized carbons (Fsp3) is 0.389. The molecule has 2 aliphatic heterocycles. The smallest absolute Gasteiger partial charge is 0.330 e. The van der Waals surface area contributed by atoms with Crippen LogP contribution in [0.5, 0.6) is 5.75 Å². The molecular weight excluding hydrogens is 322 g/mol. The van der Waals surface area contributed by atoms with Crippen LogP contribution in [0.3, 0.4) is 0 Å². The van der Waals surface area contributed by atoms with Gasteiger partial charge in [0.2, 0.25) is 0 Å². The first-order valence-corrected chi connectivity index (χ1v) is 8.47. The van der Waals surface area contributed by atoms with Crippen molar-refractivity contribution in [3.05, 3.63) is 46.8 Å². The van der Waals surface area contributed by atoms with E-state index in [1.807, 2.05) is 4.68 Å². The number of nitrogens with zero attached hydrogens (tertiary/aromatic N) is 2. The van der Waals surface area contributed by atoms with Crippen molar-refractivity contribution < 1.29 is 19.4 Å². The van der Waals surface area contributed by atoms with Gasteiger partial charge in [-0.2, -0.15) is 5.10 Å². The van der Waals surface area contributed by atoms with E-state index in [2.05, 4.69) is 10.4 Å². The number of aryl methyl sites for hydroxylation is 1. The molecule has 2 aliphatic rings. The van der Waals surface area contributed by atoms with Crippen molar-refractivity contribution in [1.29, 1.82) is 0 Å². The van der Waals surface area contributed by atoms with Gasteiger partial charge >= 0.3 is 5.97 Å². The molecule has 25 heavy (non-hydrogen) atoms. The molecule has 0 radical (unpaired) electrons. The van der Waals surface area contributed by atoms with Crippen LogP contribution in [0.2, 0.25) is 0 Å². The monoisotopic (exact) mass is 341 g/mol. The number of carboxylic acids is 1. The van der Waals surface area contributed by atoms with Crippen LogP contribution in [0.25, 0.3) is 0 Å². The summed E-state index contributed by atoms with van der Waals surface area (Å²) in [5.74, 6) is -0.703. The predicted molar refractivity (Wildman–Crippen MR) is 88.6 cm³/mol. The number of amides is 1. The number of aliphatic carboxylic acids is 1. The van der Waals surface area contributed by atoms with Crippen molar-refractivity contribution in [2.45, 2.75) is 38.3 Å². The summed E-state index contributed by atoms with van der Waals surface area (Å²) < 4.78 is 7.28. The largest absolute Gasteiger partial charge is 0.493 e. The summed E-state index contributed by atoms with van der Waals surface area (Å²) in [6.45, 7) is 1.40. The van der Waals surface area contributed by atoms with Crippen LogP contribution in [0, 0.1) is 0 Å². The molecular formula is C18H19N3O4. The quantitative estimate of drug-likeness (QED) is 0.883. The Labute approximate surface area is 144 Å². The second kappa shape index (κ2) is 6.23. The second-order valence-electron chi connectivity index (χ2n) is 6.40. The predicted octanol–water partition coefficient (Wildman–Crippen LogP) is 1.71. The summed E-state index contributed by atoms with van der Waals surface area (Å²) in [5.41, 5.74) is 2.87. The summed E-state index contributed by atoms with van der Waals surface area (Å²) >= 11 is 0. The number of aromatic nitrogens is 2. The molecule has 3 heterocycles. The minimum absolute atomic E-state index is 0.396. The van der Waals surface area contributed by atoms with Gasteiger partial charge in [0.15, 0.2) is 6.04 Å². The highest BCUT2D eigenvalue weighted by Gasteiger charge is 2.27. The van der Waals surface area contributed by atoms with Crippen molar-refractivity contribution in [1.82, 2.24) is 15.1 Å². The Morgan fingerprint density at radius 1 is 1.28 bits per heavy atom. The summed E-state index contributed by atoms with van der Waals surface area (Å²) in [7, 11) is 0. The molecule has 0 fully saturated rings. The Kier molecular flexibility index (Phi) is 3.91.